The molecular weight excluding hydrogens is 298 g/mol. The molecule has 1 aromatic heterocycles. The van der Waals surface area contributed by atoms with E-state index in [2.05, 4.69) is 28.9 Å². The smallest absolute Gasteiger partial charge is 0.166 e. The van der Waals surface area contributed by atoms with Crippen LogP contribution in [-0.2, 0) is 6.54 Å². The molecule has 3 rings (SSSR count). The van der Waals surface area contributed by atoms with Crippen molar-refractivity contribution in [3.8, 4) is 0 Å². The van der Waals surface area contributed by atoms with E-state index in [9.17, 15) is 4.79 Å². The second-order valence-corrected chi connectivity index (χ2v) is 6.92. The van der Waals surface area contributed by atoms with Gasteiger partial charge in [0.05, 0.1) is 5.69 Å². The van der Waals surface area contributed by atoms with E-state index >= 15 is 0 Å². The van der Waals surface area contributed by atoms with Gasteiger partial charge in [-0.2, -0.15) is 0 Å². The van der Waals surface area contributed by atoms with Gasteiger partial charge in [-0.25, -0.2) is 0 Å². The Labute approximate surface area is 143 Å². The Morgan fingerprint density at radius 3 is 2.83 bits per heavy atom. The number of hydrogen-bond donors (Lipinski definition) is 2. The van der Waals surface area contributed by atoms with E-state index in [1.165, 1.54) is 0 Å². The van der Waals surface area contributed by atoms with Crippen LogP contribution in [0.15, 0.2) is 30.3 Å². The molecule has 1 aliphatic rings. The number of carbonyl (C=O) groups is 1. The zero-order valence-corrected chi connectivity index (χ0v) is 14.4. The molecule has 4 nitrogen and oxygen atoms in total. The van der Waals surface area contributed by atoms with Crippen LogP contribution in [-0.4, -0.2) is 30.2 Å². The van der Waals surface area contributed by atoms with Crippen molar-refractivity contribution in [1.82, 2.24) is 9.88 Å². The molecule has 0 spiro atoms. The summed E-state index contributed by atoms with van der Waals surface area (Å²) in [7, 11) is 1.94. The zero-order valence-electron chi connectivity index (χ0n) is 14.4. The minimum Gasteiger partial charge on any atom is -0.338 e. The van der Waals surface area contributed by atoms with Gasteiger partial charge in [-0.15, -0.1) is 0 Å². The number of aromatic nitrogens is 1. The first-order chi connectivity index (χ1) is 11.6. The lowest BCUT2D eigenvalue weighted by Gasteiger charge is -2.08. The summed E-state index contributed by atoms with van der Waals surface area (Å²) in [5.41, 5.74) is 3.68. The van der Waals surface area contributed by atoms with Crippen molar-refractivity contribution >= 4 is 29.0 Å². The van der Waals surface area contributed by atoms with Crippen molar-refractivity contribution in [3.63, 3.8) is 0 Å². The van der Waals surface area contributed by atoms with Crippen LogP contribution in [0.4, 0.5) is 0 Å². The third-order valence-electron chi connectivity index (χ3n) is 4.98. The number of nitrogens with one attached hydrogen (secondary N) is 2. The summed E-state index contributed by atoms with van der Waals surface area (Å²) < 4.78 is 2.09. The Kier molecular flexibility index (Phi) is 4.67. The first-order valence-corrected chi connectivity index (χ1v) is 8.57. The molecule has 1 aromatic carbocycles. The Morgan fingerprint density at radius 1 is 1.38 bits per heavy atom. The van der Waals surface area contributed by atoms with Crippen LogP contribution >= 0.6 is 0 Å². The Hall–Kier alpha value is -2.20. The lowest BCUT2D eigenvalue weighted by molar-refractivity contribution is 0.111. The summed E-state index contributed by atoms with van der Waals surface area (Å²) in [5.74, 6) is 0. The van der Waals surface area contributed by atoms with Crippen LogP contribution < -0.4 is 5.32 Å². The highest BCUT2D eigenvalue weighted by Gasteiger charge is 2.40. The lowest BCUT2D eigenvalue weighted by atomic mass is 10.0. The number of fused-ring (bicyclic) bond motifs is 1. The van der Waals surface area contributed by atoms with Crippen molar-refractivity contribution in [3.05, 3.63) is 41.6 Å². The molecular formula is C20H25N3O. The molecule has 24 heavy (non-hydrogen) atoms. The van der Waals surface area contributed by atoms with E-state index in [4.69, 9.17) is 5.41 Å². The van der Waals surface area contributed by atoms with E-state index in [-0.39, 0.29) is 5.41 Å². The highest BCUT2D eigenvalue weighted by molar-refractivity contribution is 6.02. The summed E-state index contributed by atoms with van der Waals surface area (Å²) in [6, 6.07) is 8.16. The van der Waals surface area contributed by atoms with Crippen LogP contribution in [0.1, 0.15) is 42.2 Å². The van der Waals surface area contributed by atoms with E-state index in [1.807, 2.05) is 31.3 Å². The molecule has 4 heteroatoms. The molecule has 126 valence electrons. The van der Waals surface area contributed by atoms with Gasteiger partial charge in [0, 0.05) is 28.6 Å². The molecule has 1 heterocycles. The molecule has 0 amide bonds. The maximum absolute atomic E-state index is 11.4. The van der Waals surface area contributed by atoms with Crippen molar-refractivity contribution < 1.29 is 4.79 Å². The van der Waals surface area contributed by atoms with Gasteiger partial charge < -0.3 is 15.3 Å². The van der Waals surface area contributed by atoms with Crippen LogP contribution in [0, 0.1) is 10.8 Å². The number of carbonyl (C=O) groups excluding carboxylic acids is 1. The van der Waals surface area contributed by atoms with Crippen molar-refractivity contribution in [2.75, 3.05) is 13.6 Å². The predicted octanol–water partition coefficient (Wildman–Crippen LogP) is 3.90. The van der Waals surface area contributed by atoms with Crippen molar-refractivity contribution in [2.45, 2.75) is 32.7 Å². The summed E-state index contributed by atoms with van der Waals surface area (Å²) in [4.78, 5) is 11.4. The Morgan fingerprint density at radius 2 is 2.17 bits per heavy atom. The van der Waals surface area contributed by atoms with E-state index in [0.29, 0.717) is 5.71 Å². The number of aryl methyl sites for hydroxylation is 1. The van der Waals surface area contributed by atoms with E-state index in [1.54, 1.807) is 0 Å². The molecule has 2 aromatic rings. The van der Waals surface area contributed by atoms with Crippen LogP contribution in [0.2, 0.25) is 0 Å². The molecule has 0 bridgehead atoms. The highest BCUT2D eigenvalue weighted by atomic mass is 16.1. The average molecular weight is 323 g/mol. The van der Waals surface area contributed by atoms with Gasteiger partial charge in [0.25, 0.3) is 0 Å². The molecule has 0 radical (unpaired) electrons. The van der Waals surface area contributed by atoms with Crippen molar-refractivity contribution in [2.24, 2.45) is 5.41 Å². The first-order valence-electron chi connectivity index (χ1n) is 8.57. The molecule has 0 unspecified atom stereocenters. The standard InChI is InChI=1S/C20H25N3O/c1-20(8-9-20)19(21)7-5-15-4-6-16-13-17(14-24)23(18(16)12-15)11-3-10-22-2/h4-7,12-14,21-22H,3,8-11H2,1-2H3/b7-5+,21-19?. The fourth-order valence-electron chi connectivity index (χ4n) is 3.00. The molecule has 0 saturated heterocycles. The number of hydrogen-bond acceptors (Lipinski definition) is 3. The van der Waals surface area contributed by atoms with Crippen LogP contribution in [0.5, 0.6) is 0 Å². The zero-order chi connectivity index (χ0) is 17.2. The molecule has 2 N–H and O–H groups in total. The van der Waals surface area contributed by atoms with Gasteiger partial charge in [0.2, 0.25) is 0 Å². The third-order valence-corrected chi connectivity index (χ3v) is 4.98. The predicted molar refractivity (Wildman–Crippen MR) is 100.0 cm³/mol. The summed E-state index contributed by atoms with van der Waals surface area (Å²) in [6.07, 6.45) is 8.07. The van der Waals surface area contributed by atoms with Gasteiger partial charge in [-0.3, -0.25) is 4.79 Å². The van der Waals surface area contributed by atoms with E-state index < -0.39 is 0 Å². The fourth-order valence-corrected chi connectivity index (χ4v) is 3.00. The van der Waals surface area contributed by atoms with Crippen molar-refractivity contribution in [1.29, 1.82) is 5.41 Å². The second kappa shape index (κ2) is 6.73. The summed E-state index contributed by atoms with van der Waals surface area (Å²) in [6.45, 7) is 3.89. The maximum atomic E-state index is 11.4. The van der Waals surface area contributed by atoms with Gasteiger partial charge in [-0.1, -0.05) is 25.1 Å². The quantitative estimate of drug-likeness (QED) is 0.440. The molecule has 1 fully saturated rings. The lowest BCUT2D eigenvalue weighted by Crippen LogP contribution is -2.12. The topological polar surface area (TPSA) is 57.9 Å². The molecule has 0 atom stereocenters. The SMILES string of the molecule is CNCCCn1c(C=O)cc2ccc(/C=C/C(=N)C3(C)CC3)cc21. The normalized spacial score (nSPS) is 15.9. The van der Waals surface area contributed by atoms with Gasteiger partial charge in [-0.05, 0) is 56.6 Å². The maximum Gasteiger partial charge on any atom is 0.166 e. The molecule has 1 saturated carbocycles. The van der Waals surface area contributed by atoms with Gasteiger partial charge >= 0.3 is 0 Å². The minimum atomic E-state index is 0.0959. The monoisotopic (exact) mass is 323 g/mol. The highest BCUT2D eigenvalue weighted by Crippen LogP contribution is 2.46. The molecule has 0 aliphatic heterocycles. The number of allylic oxidation sites excluding steroid dienone is 1. The summed E-state index contributed by atoms with van der Waals surface area (Å²) in [5, 5.41) is 12.4. The van der Waals surface area contributed by atoms with Gasteiger partial charge in [0.15, 0.2) is 6.29 Å². The number of rotatable bonds is 8. The number of benzene rings is 1. The van der Waals surface area contributed by atoms with E-state index in [0.717, 1.165) is 60.8 Å². The Balaban J connectivity index is 1.88. The minimum absolute atomic E-state index is 0.0959. The summed E-state index contributed by atoms with van der Waals surface area (Å²) >= 11 is 0. The third kappa shape index (κ3) is 3.34. The fraction of sp³-hybridized carbons (Fsp3) is 0.400. The van der Waals surface area contributed by atoms with Crippen LogP contribution in [0.25, 0.3) is 17.0 Å². The number of nitrogens with zero attached hydrogens (tertiary/aromatic N) is 1. The second-order valence-electron chi connectivity index (χ2n) is 6.92. The largest absolute Gasteiger partial charge is 0.338 e. The van der Waals surface area contributed by atoms with Crippen LogP contribution in [0.3, 0.4) is 0 Å². The average Bonchev–Trinajstić information content (AvgIpc) is 3.25. The first kappa shape index (κ1) is 16.7. The molecule has 1 aliphatic carbocycles. The number of aldehydes is 1. The van der Waals surface area contributed by atoms with Gasteiger partial charge in [0.1, 0.15) is 0 Å². The Bertz CT molecular complexity index is 797.